The fourth-order valence-corrected chi connectivity index (χ4v) is 11.1. The fraction of sp³-hybridized carbons (Fsp3) is 0.939. The molecule has 5 aliphatic rings. The summed E-state index contributed by atoms with van der Waals surface area (Å²) in [6.07, 6.45) is 9.81. The van der Waals surface area contributed by atoms with Crippen molar-refractivity contribution in [3.63, 3.8) is 0 Å². The Kier molecular flexibility index (Phi) is 6.89. The lowest BCUT2D eigenvalue weighted by molar-refractivity contribution is -0.191. The van der Waals surface area contributed by atoms with Crippen molar-refractivity contribution in [2.24, 2.45) is 39.4 Å². The van der Waals surface area contributed by atoms with E-state index in [9.17, 15) is 5.11 Å². The van der Waals surface area contributed by atoms with Crippen LogP contribution in [0.15, 0.2) is 11.6 Å². The van der Waals surface area contributed by atoms with Crippen LogP contribution in [0.2, 0.25) is 0 Å². The van der Waals surface area contributed by atoms with Crippen LogP contribution in [0.3, 0.4) is 0 Å². The molecular formula is C33H56O5. The molecule has 0 aromatic rings. The quantitative estimate of drug-likeness (QED) is 0.406. The van der Waals surface area contributed by atoms with Crippen LogP contribution < -0.4 is 0 Å². The molecular weight excluding hydrogens is 476 g/mol. The highest BCUT2D eigenvalue weighted by molar-refractivity contribution is 5.35. The largest absolute Gasteiger partial charge is 0.393 e. The first-order valence-electron chi connectivity index (χ1n) is 15.2. The molecule has 218 valence electrons. The number of hydrogen-bond acceptors (Lipinski definition) is 5. The standard InChI is InChI=1S/C33H56O5/c1-28(2)24(34)13-15-30(5)20-12-16-31(6)27(33(8)17-14-25(38-33)29(3,4)37-11)23(36-10)19-32(31,7)21(20)18-22(35-9)26(28)30/h12,21-27,34H,13-19H2,1-11H3/t21?,22-,23-,24-,25-,26-,27?,30?,31?,32-,33+/m0/s1. The maximum atomic E-state index is 11.1. The van der Waals surface area contributed by atoms with Crippen molar-refractivity contribution in [1.82, 2.24) is 0 Å². The summed E-state index contributed by atoms with van der Waals surface area (Å²) >= 11 is 0. The molecule has 1 aliphatic heterocycles. The minimum atomic E-state index is -0.306. The maximum absolute atomic E-state index is 11.1. The molecule has 11 atom stereocenters. The highest BCUT2D eigenvalue weighted by Gasteiger charge is 2.72. The van der Waals surface area contributed by atoms with Crippen LogP contribution in [0.25, 0.3) is 0 Å². The molecule has 0 aromatic heterocycles. The highest BCUT2D eigenvalue weighted by Crippen LogP contribution is 2.74. The van der Waals surface area contributed by atoms with Crippen molar-refractivity contribution in [3.05, 3.63) is 11.6 Å². The van der Waals surface area contributed by atoms with Gasteiger partial charge in [0.05, 0.1) is 35.6 Å². The van der Waals surface area contributed by atoms with Crippen molar-refractivity contribution in [2.75, 3.05) is 21.3 Å². The first kappa shape index (κ1) is 29.0. The van der Waals surface area contributed by atoms with Gasteiger partial charge in [0, 0.05) is 33.2 Å². The second-order valence-electron chi connectivity index (χ2n) is 15.8. The van der Waals surface area contributed by atoms with Gasteiger partial charge in [-0.25, -0.2) is 0 Å². The van der Waals surface area contributed by atoms with E-state index in [-0.39, 0.29) is 57.3 Å². The third-order valence-corrected chi connectivity index (χ3v) is 13.5. The zero-order valence-electron chi connectivity index (χ0n) is 26.1. The number of ether oxygens (including phenoxy) is 4. The summed E-state index contributed by atoms with van der Waals surface area (Å²) in [4.78, 5) is 0. The smallest absolute Gasteiger partial charge is 0.0883 e. The topological polar surface area (TPSA) is 57.2 Å². The third kappa shape index (κ3) is 3.67. The average molecular weight is 533 g/mol. The molecule has 0 bridgehead atoms. The number of rotatable bonds is 5. The van der Waals surface area contributed by atoms with Crippen molar-refractivity contribution < 1.29 is 24.1 Å². The Bertz CT molecular complexity index is 957. The summed E-state index contributed by atoms with van der Waals surface area (Å²) < 4.78 is 25.6. The second kappa shape index (κ2) is 9.02. The number of aliphatic hydroxyl groups is 1. The van der Waals surface area contributed by atoms with Gasteiger partial charge in [0.15, 0.2) is 0 Å². The van der Waals surface area contributed by atoms with E-state index in [1.165, 1.54) is 0 Å². The minimum absolute atomic E-state index is 0.0403. The fourth-order valence-electron chi connectivity index (χ4n) is 11.1. The van der Waals surface area contributed by atoms with Gasteiger partial charge in [-0.1, -0.05) is 46.3 Å². The normalized spacial score (nSPS) is 52.2. The molecule has 4 aliphatic carbocycles. The number of allylic oxidation sites excluding steroid dienone is 2. The summed E-state index contributed by atoms with van der Waals surface area (Å²) in [5, 5.41) is 11.1. The molecule has 5 heteroatoms. The monoisotopic (exact) mass is 532 g/mol. The van der Waals surface area contributed by atoms with Crippen LogP contribution in [0.4, 0.5) is 0 Å². The van der Waals surface area contributed by atoms with E-state index in [0.29, 0.717) is 17.8 Å². The van der Waals surface area contributed by atoms with E-state index in [1.807, 2.05) is 14.2 Å². The van der Waals surface area contributed by atoms with Crippen LogP contribution in [0.1, 0.15) is 100 Å². The molecule has 38 heavy (non-hydrogen) atoms. The van der Waals surface area contributed by atoms with Crippen LogP contribution in [-0.2, 0) is 18.9 Å². The van der Waals surface area contributed by atoms with Gasteiger partial charge in [-0.05, 0) is 93.3 Å². The van der Waals surface area contributed by atoms with Gasteiger partial charge in [-0.2, -0.15) is 0 Å². The number of aliphatic hydroxyl groups excluding tert-OH is 1. The Labute approximate surface area is 232 Å². The molecule has 0 aromatic carbocycles. The summed E-state index contributed by atoms with van der Waals surface area (Å²) in [5.74, 6) is 1.05. The van der Waals surface area contributed by atoms with E-state index in [1.54, 1.807) is 12.7 Å². The molecule has 1 saturated heterocycles. The SMILES string of the molecule is CO[C@H]1C[C@@]2(C)C3C[C@H](OC)[C@@H]4C(C)(CC[C@H](O)C4(C)C)C3=CCC2(C)C1[C@@]1(C)CC[C@@H](C(C)(C)OC)O1. The molecule has 1 heterocycles. The number of methoxy groups -OCH3 is 3. The van der Waals surface area contributed by atoms with Crippen molar-refractivity contribution >= 4 is 0 Å². The van der Waals surface area contributed by atoms with Gasteiger partial charge >= 0.3 is 0 Å². The minimum Gasteiger partial charge on any atom is -0.393 e. The lowest BCUT2D eigenvalue weighted by atomic mass is 9.40. The summed E-state index contributed by atoms with van der Waals surface area (Å²) in [6, 6.07) is 0. The molecule has 3 saturated carbocycles. The van der Waals surface area contributed by atoms with Gasteiger partial charge in [0.2, 0.25) is 0 Å². The Morgan fingerprint density at radius 1 is 0.895 bits per heavy atom. The van der Waals surface area contributed by atoms with Gasteiger partial charge in [0.25, 0.3) is 0 Å². The lowest BCUT2D eigenvalue weighted by Crippen LogP contribution is -2.62. The molecule has 4 unspecified atom stereocenters. The zero-order valence-corrected chi connectivity index (χ0v) is 26.1. The highest BCUT2D eigenvalue weighted by atomic mass is 16.6. The predicted octanol–water partition coefficient (Wildman–Crippen LogP) is 6.57. The van der Waals surface area contributed by atoms with E-state index in [4.69, 9.17) is 18.9 Å². The van der Waals surface area contributed by atoms with Gasteiger partial charge in [-0.15, -0.1) is 0 Å². The second-order valence-corrected chi connectivity index (χ2v) is 15.8. The Hall–Kier alpha value is -0.460. The predicted molar refractivity (Wildman–Crippen MR) is 151 cm³/mol. The molecule has 4 fully saturated rings. The van der Waals surface area contributed by atoms with Gasteiger partial charge in [-0.3, -0.25) is 0 Å². The molecule has 0 radical (unpaired) electrons. The molecule has 5 rings (SSSR count). The van der Waals surface area contributed by atoms with Crippen LogP contribution in [0, 0.1) is 39.4 Å². The van der Waals surface area contributed by atoms with Crippen molar-refractivity contribution in [3.8, 4) is 0 Å². The van der Waals surface area contributed by atoms with Crippen LogP contribution in [0.5, 0.6) is 0 Å². The van der Waals surface area contributed by atoms with E-state index >= 15 is 0 Å². The van der Waals surface area contributed by atoms with Crippen LogP contribution >= 0.6 is 0 Å². The third-order valence-electron chi connectivity index (χ3n) is 13.5. The molecule has 1 N–H and O–H groups in total. The van der Waals surface area contributed by atoms with Gasteiger partial charge < -0.3 is 24.1 Å². The Morgan fingerprint density at radius 3 is 2.16 bits per heavy atom. The lowest BCUT2D eigenvalue weighted by Gasteiger charge is -2.65. The van der Waals surface area contributed by atoms with E-state index < -0.39 is 0 Å². The molecule has 0 spiro atoms. The first-order valence-corrected chi connectivity index (χ1v) is 15.2. The summed E-state index contributed by atoms with van der Waals surface area (Å²) in [6.45, 7) is 18.8. The van der Waals surface area contributed by atoms with Crippen LogP contribution in [-0.4, -0.2) is 62.1 Å². The van der Waals surface area contributed by atoms with Gasteiger partial charge in [0.1, 0.15) is 0 Å². The van der Waals surface area contributed by atoms with E-state index in [2.05, 4.69) is 61.5 Å². The zero-order chi connectivity index (χ0) is 28.1. The summed E-state index contributed by atoms with van der Waals surface area (Å²) in [5.41, 5.74) is 1.07. The number of fused-ring (bicyclic) bond motifs is 5. The van der Waals surface area contributed by atoms with E-state index in [0.717, 1.165) is 44.9 Å². The van der Waals surface area contributed by atoms with Crippen molar-refractivity contribution in [1.29, 1.82) is 0 Å². The Morgan fingerprint density at radius 2 is 1.55 bits per heavy atom. The maximum Gasteiger partial charge on any atom is 0.0883 e. The average Bonchev–Trinajstić information content (AvgIpc) is 3.37. The summed E-state index contributed by atoms with van der Waals surface area (Å²) in [7, 11) is 5.60. The Balaban J connectivity index is 1.57. The molecule has 0 amide bonds. The molecule has 5 nitrogen and oxygen atoms in total. The first-order chi connectivity index (χ1) is 17.6. The number of hydrogen-bond donors (Lipinski definition) is 1. The van der Waals surface area contributed by atoms with Crippen molar-refractivity contribution in [2.45, 2.75) is 136 Å².